The molecule has 0 spiro atoms. The minimum Gasteiger partial charge on any atom is -0.452 e. The fraction of sp³-hybridized carbons (Fsp3) is 0.261. The molecule has 5 heteroatoms. The van der Waals surface area contributed by atoms with E-state index in [1.807, 2.05) is 70.2 Å². The average molecular weight is 376 g/mol. The summed E-state index contributed by atoms with van der Waals surface area (Å²) in [6.07, 6.45) is 0.602. The van der Waals surface area contributed by atoms with Crippen LogP contribution in [0.4, 0.5) is 5.69 Å². The molecule has 2 aromatic carbocycles. The number of benzene rings is 2. The Balaban J connectivity index is 1.76. The number of para-hydroxylation sites is 1. The van der Waals surface area contributed by atoms with Crippen molar-refractivity contribution in [2.24, 2.45) is 0 Å². The summed E-state index contributed by atoms with van der Waals surface area (Å²) in [5.74, 6) is -0.895. The minimum absolute atomic E-state index is 0.346. The predicted molar refractivity (Wildman–Crippen MR) is 111 cm³/mol. The van der Waals surface area contributed by atoms with Crippen molar-refractivity contribution in [1.82, 2.24) is 4.98 Å². The maximum atomic E-state index is 12.7. The van der Waals surface area contributed by atoms with Crippen LogP contribution in [-0.2, 0) is 16.0 Å². The molecule has 1 amide bonds. The van der Waals surface area contributed by atoms with Crippen molar-refractivity contribution in [2.45, 2.75) is 34.1 Å². The first-order valence-electron chi connectivity index (χ1n) is 9.33. The Labute approximate surface area is 164 Å². The van der Waals surface area contributed by atoms with E-state index in [0.29, 0.717) is 23.4 Å². The molecule has 1 aromatic heterocycles. The van der Waals surface area contributed by atoms with Crippen molar-refractivity contribution >= 4 is 28.5 Å². The van der Waals surface area contributed by atoms with Crippen LogP contribution >= 0.6 is 0 Å². The van der Waals surface area contributed by atoms with Crippen LogP contribution in [0.2, 0.25) is 0 Å². The average Bonchev–Trinajstić information content (AvgIpc) is 2.68. The van der Waals surface area contributed by atoms with Gasteiger partial charge in [-0.1, -0.05) is 42.8 Å². The second-order valence-corrected chi connectivity index (χ2v) is 6.87. The fourth-order valence-electron chi connectivity index (χ4n) is 3.31. The molecule has 0 saturated heterocycles. The van der Waals surface area contributed by atoms with Crippen LogP contribution < -0.4 is 5.32 Å². The Bertz CT molecular complexity index is 1060. The number of hydrogen-bond acceptors (Lipinski definition) is 4. The lowest BCUT2D eigenvalue weighted by atomic mass is 10.0. The number of ether oxygens (including phenoxy) is 1. The number of amides is 1. The number of aromatic nitrogens is 1. The van der Waals surface area contributed by atoms with Gasteiger partial charge < -0.3 is 10.1 Å². The molecule has 0 aliphatic rings. The predicted octanol–water partition coefficient (Wildman–Crippen LogP) is 4.52. The van der Waals surface area contributed by atoms with Gasteiger partial charge in [0.2, 0.25) is 0 Å². The van der Waals surface area contributed by atoms with Crippen LogP contribution in [0, 0.1) is 20.8 Å². The molecule has 0 aliphatic carbocycles. The third-order valence-corrected chi connectivity index (χ3v) is 4.76. The fourth-order valence-corrected chi connectivity index (χ4v) is 3.31. The van der Waals surface area contributed by atoms with Gasteiger partial charge in [-0.3, -0.25) is 9.78 Å². The number of rotatable bonds is 5. The second-order valence-electron chi connectivity index (χ2n) is 6.87. The van der Waals surface area contributed by atoms with E-state index >= 15 is 0 Å². The second kappa shape index (κ2) is 8.21. The molecule has 0 fully saturated rings. The highest BCUT2D eigenvalue weighted by molar-refractivity contribution is 6.00. The van der Waals surface area contributed by atoms with Crippen LogP contribution in [0.15, 0.2) is 42.5 Å². The number of carbonyl (C=O) groups excluding carboxylic acids is 2. The SMILES string of the molecule is CCc1nc2ccccc2c(C)c1C(=O)OCC(=O)Nc1ccc(C)cc1C. The molecule has 0 radical (unpaired) electrons. The zero-order chi connectivity index (χ0) is 20.3. The molecule has 1 N–H and O–H groups in total. The summed E-state index contributed by atoms with van der Waals surface area (Å²) in [6.45, 7) is 7.40. The monoisotopic (exact) mass is 376 g/mol. The standard InChI is InChI=1S/C23H24N2O3/c1-5-18-22(16(4)17-8-6-7-9-20(17)24-18)23(27)28-13-21(26)25-19-11-10-14(2)12-15(19)3/h6-12H,5,13H2,1-4H3,(H,25,26). The van der Waals surface area contributed by atoms with E-state index in [2.05, 4.69) is 10.3 Å². The van der Waals surface area contributed by atoms with Crippen LogP contribution in [0.1, 0.15) is 39.7 Å². The summed E-state index contributed by atoms with van der Waals surface area (Å²) in [7, 11) is 0. The van der Waals surface area contributed by atoms with Gasteiger partial charge in [-0.15, -0.1) is 0 Å². The Hall–Kier alpha value is -3.21. The number of nitrogens with one attached hydrogen (secondary N) is 1. The maximum absolute atomic E-state index is 12.7. The highest BCUT2D eigenvalue weighted by Crippen LogP contribution is 2.24. The Morgan fingerprint density at radius 1 is 1.07 bits per heavy atom. The van der Waals surface area contributed by atoms with Gasteiger partial charge in [0.05, 0.1) is 16.8 Å². The first-order chi connectivity index (χ1) is 13.4. The molecule has 5 nitrogen and oxygen atoms in total. The van der Waals surface area contributed by atoms with Crippen LogP contribution in [-0.4, -0.2) is 23.5 Å². The normalized spacial score (nSPS) is 10.7. The Kier molecular flexibility index (Phi) is 5.73. The van der Waals surface area contributed by atoms with Crippen molar-refractivity contribution in [3.8, 4) is 0 Å². The third kappa shape index (κ3) is 4.03. The van der Waals surface area contributed by atoms with Gasteiger partial charge in [-0.25, -0.2) is 4.79 Å². The van der Waals surface area contributed by atoms with Crippen molar-refractivity contribution in [3.63, 3.8) is 0 Å². The van der Waals surface area contributed by atoms with Crippen molar-refractivity contribution in [2.75, 3.05) is 11.9 Å². The largest absolute Gasteiger partial charge is 0.452 e. The number of esters is 1. The molecule has 0 bridgehead atoms. The lowest BCUT2D eigenvalue weighted by Gasteiger charge is -2.14. The van der Waals surface area contributed by atoms with E-state index in [9.17, 15) is 9.59 Å². The number of fused-ring (bicyclic) bond motifs is 1. The van der Waals surface area contributed by atoms with Gasteiger partial charge in [0.15, 0.2) is 6.61 Å². The molecule has 0 atom stereocenters. The zero-order valence-corrected chi connectivity index (χ0v) is 16.6. The first kappa shape index (κ1) is 19.5. The first-order valence-corrected chi connectivity index (χ1v) is 9.33. The minimum atomic E-state index is -0.525. The van der Waals surface area contributed by atoms with E-state index in [4.69, 9.17) is 4.74 Å². The van der Waals surface area contributed by atoms with Gasteiger partial charge in [0.1, 0.15) is 0 Å². The lowest BCUT2D eigenvalue weighted by molar-refractivity contribution is -0.119. The van der Waals surface area contributed by atoms with Crippen LogP contribution in [0.3, 0.4) is 0 Å². The number of nitrogens with zero attached hydrogens (tertiary/aromatic N) is 1. The van der Waals surface area contributed by atoms with Gasteiger partial charge in [0.25, 0.3) is 5.91 Å². The number of pyridine rings is 1. The highest BCUT2D eigenvalue weighted by Gasteiger charge is 2.20. The van der Waals surface area contributed by atoms with Gasteiger partial charge >= 0.3 is 5.97 Å². The van der Waals surface area contributed by atoms with E-state index in [0.717, 1.165) is 27.6 Å². The number of aryl methyl sites for hydroxylation is 4. The highest BCUT2D eigenvalue weighted by atomic mass is 16.5. The third-order valence-electron chi connectivity index (χ3n) is 4.76. The number of hydrogen-bond donors (Lipinski definition) is 1. The lowest BCUT2D eigenvalue weighted by Crippen LogP contribution is -2.22. The molecule has 0 unspecified atom stereocenters. The van der Waals surface area contributed by atoms with E-state index in [-0.39, 0.29) is 12.5 Å². The number of anilines is 1. The molecule has 0 aliphatic heterocycles. The number of carbonyl (C=O) groups is 2. The topological polar surface area (TPSA) is 68.3 Å². The summed E-state index contributed by atoms with van der Waals surface area (Å²) in [5.41, 5.74) is 5.58. The molecule has 144 valence electrons. The Morgan fingerprint density at radius 3 is 2.54 bits per heavy atom. The van der Waals surface area contributed by atoms with Crippen LogP contribution in [0.25, 0.3) is 10.9 Å². The molecular weight excluding hydrogens is 352 g/mol. The van der Waals surface area contributed by atoms with Gasteiger partial charge in [-0.05, 0) is 50.5 Å². The smallest absolute Gasteiger partial charge is 0.340 e. The van der Waals surface area contributed by atoms with Crippen LogP contribution in [0.5, 0.6) is 0 Å². The summed E-state index contributed by atoms with van der Waals surface area (Å²) in [5, 5.41) is 3.69. The summed E-state index contributed by atoms with van der Waals surface area (Å²) in [4.78, 5) is 29.5. The molecule has 3 aromatic rings. The van der Waals surface area contributed by atoms with Crippen molar-refractivity contribution in [1.29, 1.82) is 0 Å². The maximum Gasteiger partial charge on any atom is 0.340 e. The van der Waals surface area contributed by atoms with Gasteiger partial charge in [0, 0.05) is 11.1 Å². The Morgan fingerprint density at radius 2 is 1.82 bits per heavy atom. The van der Waals surface area contributed by atoms with Gasteiger partial charge in [-0.2, -0.15) is 0 Å². The summed E-state index contributed by atoms with van der Waals surface area (Å²) >= 11 is 0. The van der Waals surface area contributed by atoms with Crippen molar-refractivity contribution in [3.05, 3.63) is 70.4 Å². The van der Waals surface area contributed by atoms with E-state index in [1.54, 1.807) is 0 Å². The van der Waals surface area contributed by atoms with Crippen molar-refractivity contribution < 1.29 is 14.3 Å². The van der Waals surface area contributed by atoms with E-state index < -0.39 is 5.97 Å². The molecule has 3 rings (SSSR count). The van der Waals surface area contributed by atoms with E-state index in [1.165, 1.54) is 0 Å². The molecule has 28 heavy (non-hydrogen) atoms. The summed E-state index contributed by atoms with van der Waals surface area (Å²) in [6, 6.07) is 13.4. The summed E-state index contributed by atoms with van der Waals surface area (Å²) < 4.78 is 5.31. The molecule has 0 saturated carbocycles. The molecule has 1 heterocycles. The zero-order valence-electron chi connectivity index (χ0n) is 16.6. The quantitative estimate of drug-likeness (QED) is 0.665. The molecular formula is C23H24N2O3.